The minimum atomic E-state index is 0.594. The molecule has 0 fully saturated rings. The van der Waals surface area contributed by atoms with Gasteiger partial charge in [0.05, 0.1) is 5.69 Å². The molecule has 0 aliphatic carbocycles. The van der Waals surface area contributed by atoms with Crippen LogP contribution in [-0.2, 0) is 19.4 Å². The van der Waals surface area contributed by atoms with Gasteiger partial charge in [0.15, 0.2) is 0 Å². The molecule has 110 valence electrons. The first-order chi connectivity index (χ1) is 10.8. The summed E-state index contributed by atoms with van der Waals surface area (Å²) in [5.74, 6) is 2.90. The van der Waals surface area contributed by atoms with Crippen LogP contribution in [0.5, 0.6) is 5.75 Å². The van der Waals surface area contributed by atoms with Crippen LogP contribution in [0.4, 0.5) is 0 Å². The Hall–Kier alpha value is -2.62. The number of ether oxygens (including phenoxy) is 1. The Labute approximate surface area is 129 Å². The fraction of sp³-hybridized carbons (Fsp3) is 0.222. The van der Waals surface area contributed by atoms with Crippen molar-refractivity contribution < 1.29 is 4.74 Å². The predicted molar refractivity (Wildman–Crippen MR) is 84.3 cm³/mol. The quantitative estimate of drug-likeness (QED) is 0.743. The number of aryl methyl sites for hydroxylation is 3. The van der Waals surface area contributed by atoms with Crippen LogP contribution in [0.1, 0.15) is 22.8 Å². The van der Waals surface area contributed by atoms with Crippen LogP contribution in [0.25, 0.3) is 5.69 Å². The maximum Gasteiger partial charge on any atom is 0.137 e. The van der Waals surface area contributed by atoms with Gasteiger partial charge in [0.25, 0.3) is 0 Å². The Morgan fingerprint density at radius 3 is 2.77 bits per heavy atom. The van der Waals surface area contributed by atoms with Crippen molar-refractivity contribution in [1.82, 2.24) is 14.8 Å². The van der Waals surface area contributed by atoms with Crippen LogP contribution < -0.4 is 4.74 Å². The summed E-state index contributed by atoms with van der Waals surface area (Å²) in [6, 6.07) is 16.5. The number of nitrogens with zero attached hydrogens (tertiary/aromatic N) is 3. The Bertz CT molecular complexity index is 808. The highest BCUT2D eigenvalue weighted by Crippen LogP contribution is 2.28. The van der Waals surface area contributed by atoms with E-state index < -0.39 is 0 Å². The van der Waals surface area contributed by atoms with E-state index in [4.69, 9.17) is 4.74 Å². The standard InChI is InChI=1S/C18H17N3O/c1-13-19-20-18-10-7-15-11-16(8-9-17(15)21(13)18)22-12-14-5-3-2-4-6-14/h2-6,8-9,11H,7,10,12H2,1H3. The first-order valence-electron chi connectivity index (χ1n) is 7.52. The fourth-order valence-electron chi connectivity index (χ4n) is 2.94. The number of hydrogen-bond acceptors (Lipinski definition) is 3. The number of aromatic nitrogens is 3. The van der Waals surface area contributed by atoms with Crippen LogP contribution >= 0.6 is 0 Å². The molecule has 0 radical (unpaired) electrons. The van der Waals surface area contributed by atoms with Gasteiger partial charge in [0.1, 0.15) is 24.0 Å². The maximum absolute atomic E-state index is 5.92. The lowest BCUT2D eigenvalue weighted by atomic mass is 10.0. The third kappa shape index (κ3) is 2.26. The molecule has 0 unspecified atom stereocenters. The van der Waals surface area contributed by atoms with Gasteiger partial charge in [-0.1, -0.05) is 30.3 Å². The van der Waals surface area contributed by atoms with Crippen molar-refractivity contribution in [2.24, 2.45) is 0 Å². The predicted octanol–water partition coefficient (Wildman–Crippen LogP) is 3.25. The third-order valence-electron chi connectivity index (χ3n) is 4.05. The first-order valence-corrected chi connectivity index (χ1v) is 7.52. The summed E-state index contributed by atoms with van der Waals surface area (Å²) in [5, 5.41) is 8.41. The smallest absolute Gasteiger partial charge is 0.137 e. The fourth-order valence-corrected chi connectivity index (χ4v) is 2.94. The van der Waals surface area contributed by atoms with E-state index >= 15 is 0 Å². The molecule has 4 rings (SSSR count). The Kier molecular flexibility index (Phi) is 3.15. The second kappa shape index (κ2) is 5.30. The van der Waals surface area contributed by atoms with E-state index in [1.165, 1.54) is 16.8 Å². The third-order valence-corrected chi connectivity index (χ3v) is 4.05. The van der Waals surface area contributed by atoms with Crippen molar-refractivity contribution in [2.45, 2.75) is 26.4 Å². The molecular weight excluding hydrogens is 274 g/mol. The number of fused-ring (bicyclic) bond motifs is 3. The number of rotatable bonds is 3. The Balaban J connectivity index is 1.59. The molecule has 0 saturated carbocycles. The molecule has 0 saturated heterocycles. The van der Waals surface area contributed by atoms with Crippen molar-refractivity contribution in [3.8, 4) is 11.4 Å². The summed E-state index contributed by atoms with van der Waals surface area (Å²) in [7, 11) is 0. The molecule has 4 nitrogen and oxygen atoms in total. The van der Waals surface area contributed by atoms with E-state index in [1.54, 1.807) is 0 Å². The highest BCUT2D eigenvalue weighted by atomic mass is 16.5. The van der Waals surface area contributed by atoms with Gasteiger partial charge in [-0.3, -0.25) is 4.57 Å². The molecule has 2 heterocycles. The second-order valence-electron chi connectivity index (χ2n) is 5.56. The van der Waals surface area contributed by atoms with E-state index in [-0.39, 0.29) is 0 Å². The van der Waals surface area contributed by atoms with Gasteiger partial charge in [-0.15, -0.1) is 10.2 Å². The molecule has 3 aromatic rings. The van der Waals surface area contributed by atoms with Gasteiger partial charge >= 0.3 is 0 Å². The normalized spacial score (nSPS) is 12.6. The zero-order valence-electron chi connectivity index (χ0n) is 12.5. The van der Waals surface area contributed by atoms with Crippen LogP contribution in [0.2, 0.25) is 0 Å². The van der Waals surface area contributed by atoms with Crippen molar-refractivity contribution >= 4 is 0 Å². The van der Waals surface area contributed by atoms with E-state index in [1.807, 2.05) is 31.2 Å². The average Bonchev–Trinajstić information content (AvgIpc) is 2.95. The van der Waals surface area contributed by atoms with Gasteiger partial charge in [-0.2, -0.15) is 0 Å². The molecule has 1 aliphatic heterocycles. The molecule has 0 spiro atoms. The molecule has 1 aliphatic rings. The van der Waals surface area contributed by atoms with E-state index in [9.17, 15) is 0 Å². The van der Waals surface area contributed by atoms with E-state index in [2.05, 4.69) is 39.0 Å². The summed E-state index contributed by atoms with van der Waals surface area (Å²) in [6.45, 7) is 2.59. The molecule has 0 amide bonds. The van der Waals surface area contributed by atoms with Crippen LogP contribution in [0, 0.1) is 6.92 Å². The van der Waals surface area contributed by atoms with Gasteiger partial charge in [-0.05, 0) is 42.7 Å². The zero-order valence-corrected chi connectivity index (χ0v) is 12.5. The Morgan fingerprint density at radius 2 is 1.91 bits per heavy atom. The highest BCUT2D eigenvalue weighted by Gasteiger charge is 2.19. The van der Waals surface area contributed by atoms with Crippen LogP contribution in [-0.4, -0.2) is 14.8 Å². The minimum Gasteiger partial charge on any atom is -0.489 e. The minimum absolute atomic E-state index is 0.594. The summed E-state index contributed by atoms with van der Waals surface area (Å²) in [6.07, 6.45) is 1.91. The first kappa shape index (κ1) is 13.1. The SMILES string of the molecule is Cc1nnc2n1-c1ccc(OCc3ccccc3)cc1CC2. The average molecular weight is 291 g/mol. The van der Waals surface area contributed by atoms with Crippen molar-refractivity contribution in [1.29, 1.82) is 0 Å². The molecular formula is C18H17N3O. The lowest BCUT2D eigenvalue weighted by molar-refractivity contribution is 0.306. The van der Waals surface area contributed by atoms with E-state index in [0.717, 1.165) is 30.2 Å². The summed E-state index contributed by atoms with van der Waals surface area (Å²) >= 11 is 0. The molecule has 22 heavy (non-hydrogen) atoms. The molecule has 1 aromatic heterocycles. The maximum atomic E-state index is 5.92. The molecule has 0 bridgehead atoms. The van der Waals surface area contributed by atoms with Gasteiger partial charge < -0.3 is 4.74 Å². The lowest BCUT2D eigenvalue weighted by Gasteiger charge is -2.19. The largest absolute Gasteiger partial charge is 0.489 e. The Morgan fingerprint density at radius 1 is 1.05 bits per heavy atom. The van der Waals surface area contributed by atoms with Crippen LogP contribution in [0.15, 0.2) is 48.5 Å². The number of hydrogen-bond donors (Lipinski definition) is 0. The van der Waals surface area contributed by atoms with E-state index in [0.29, 0.717) is 6.61 Å². The second-order valence-corrected chi connectivity index (χ2v) is 5.56. The van der Waals surface area contributed by atoms with Gasteiger partial charge in [0, 0.05) is 6.42 Å². The monoisotopic (exact) mass is 291 g/mol. The van der Waals surface area contributed by atoms with Crippen LogP contribution in [0.3, 0.4) is 0 Å². The molecule has 0 atom stereocenters. The summed E-state index contributed by atoms with van der Waals surface area (Å²) < 4.78 is 8.06. The van der Waals surface area contributed by atoms with Crippen molar-refractivity contribution in [2.75, 3.05) is 0 Å². The summed E-state index contributed by atoms with van der Waals surface area (Å²) in [5.41, 5.74) is 3.65. The topological polar surface area (TPSA) is 39.9 Å². The molecule has 4 heteroatoms. The van der Waals surface area contributed by atoms with Gasteiger partial charge in [-0.25, -0.2) is 0 Å². The van der Waals surface area contributed by atoms with Gasteiger partial charge in [0.2, 0.25) is 0 Å². The number of benzene rings is 2. The van der Waals surface area contributed by atoms with Crippen molar-refractivity contribution in [3.63, 3.8) is 0 Å². The summed E-state index contributed by atoms with van der Waals surface area (Å²) in [4.78, 5) is 0. The highest BCUT2D eigenvalue weighted by molar-refractivity contribution is 5.49. The lowest BCUT2D eigenvalue weighted by Crippen LogP contribution is -2.13. The zero-order chi connectivity index (χ0) is 14.9. The molecule has 0 N–H and O–H groups in total. The van der Waals surface area contributed by atoms with Crippen molar-refractivity contribution in [3.05, 3.63) is 71.3 Å². The molecule has 2 aromatic carbocycles.